The van der Waals surface area contributed by atoms with E-state index >= 15 is 0 Å². The topological polar surface area (TPSA) is 50.2 Å². The zero-order valence-corrected chi connectivity index (χ0v) is 38.0. The van der Waals surface area contributed by atoms with Crippen LogP contribution in [-0.4, -0.2) is 15.9 Å². The van der Waals surface area contributed by atoms with E-state index in [9.17, 15) is 9.90 Å². The molecule has 1 N–H and O–H groups in total. The summed E-state index contributed by atoms with van der Waals surface area (Å²) in [4.78, 5) is 18.0. The SMILES string of the molecule is CCC(CC)C(=O)/C=C(\O)C(CC)CC.Cc1cc(-c2sc3c(-c4[c-]c5ccccc5c(C(C)(C)C)c4)nccc3c2C)cc2c1-c1cccc3cccc-2c13.[Ir]. The molecule has 3 nitrogen and oxygen atoms in total. The predicted octanol–water partition coefficient (Wildman–Crippen LogP) is 15.2. The summed E-state index contributed by atoms with van der Waals surface area (Å²) in [5, 5.41) is 16.1. The maximum absolute atomic E-state index is 11.7. The van der Waals surface area contributed by atoms with E-state index in [4.69, 9.17) is 4.98 Å². The molecule has 0 aliphatic heterocycles. The van der Waals surface area contributed by atoms with Crippen molar-refractivity contribution >= 4 is 48.8 Å². The molecule has 0 atom stereocenters. The Morgan fingerprint density at radius 2 is 1.47 bits per heavy atom. The number of rotatable bonds is 9. The van der Waals surface area contributed by atoms with E-state index in [-0.39, 0.29) is 48.9 Å². The number of aromatic nitrogens is 1. The van der Waals surface area contributed by atoms with Gasteiger partial charge >= 0.3 is 0 Å². The Bertz CT molecular complexity index is 2630. The zero-order valence-electron chi connectivity index (χ0n) is 34.8. The Labute approximate surface area is 356 Å². The molecule has 1 aliphatic carbocycles. The van der Waals surface area contributed by atoms with E-state index in [0.29, 0.717) is 0 Å². The fourth-order valence-corrected chi connectivity index (χ4v) is 9.93. The Balaban J connectivity index is 0.000000295. The van der Waals surface area contributed by atoms with Crippen molar-refractivity contribution in [3.8, 4) is 44.0 Å². The first kappa shape index (κ1) is 42.2. The van der Waals surface area contributed by atoms with E-state index in [1.807, 2.05) is 45.2 Å². The number of pyridine rings is 1. The van der Waals surface area contributed by atoms with Gasteiger partial charge in [-0.1, -0.05) is 114 Å². The van der Waals surface area contributed by atoms with Crippen LogP contribution < -0.4 is 0 Å². The van der Waals surface area contributed by atoms with E-state index < -0.39 is 0 Å². The number of ketones is 1. The molecule has 7 aromatic rings. The van der Waals surface area contributed by atoms with Gasteiger partial charge in [-0.3, -0.25) is 9.78 Å². The van der Waals surface area contributed by atoms with Crippen LogP contribution in [0.25, 0.3) is 75.6 Å². The molecule has 2 aromatic heterocycles. The van der Waals surface area contributed by atoms with Gasteiger partial charge in [0.2, 0.25) is 0 Å². The second kappa shape index (κ2) is 17.2. The monoisotopic (exact) mass is 949 g/mol. The van der Waals surface area contributed by atoms with Crippen LogP contribution in [0.5, 0.6) is 0 Å². The second-order valence-electron chi connectivity index (χ2n) is 16.4. The van der Waals surface area contributed by atoms with Gasteiger partial charge in [0.15, 0.2) is 5.78 Å². The molecule has 2 heterocycles. The third-order valence-electron chi connectivity index (χ3n) is 11.8. The number of hydrogen-bond acceptors (Lipinski definition) is 4. The smallest absolute Gasteiger partial charge is 0.162 e. The summed E-state index contributed by atoms with van der Waals surface area (Å²) in [6.07, 6.45) is 6.87. The van der Waals surface area contributed by atoms with Crippen molar-refractivity contribution in [2.75, 3.05) is 0 Å². The van der Waals surface area contributed by atoms with Crippen molar-refractivity contribution in [1.29, 1.82) is 0 Å². The second-order valence-corrected chi connectivity index (χ2v) is 17.4. The summed E-state index contributed by atoms with van der Waals surface area (Å²) in [5.74, 6) is 0.547. The summed E-state index contributed by atoms with van der Waals surface area (Å²) in [7, 11) is 0. The zero-order chi connectivity index (χ0) is 39.9. The Kier molecular flexibility index (Phi) is 12.7. The van der Waals surface area contributed by atoms with Gasteiger partial charge in [-0.05, 0) is 118 Å². The molecule has 5 heteroatoms. The number of benzene rings is 5. The van der Waals surface area contributed by atoms with Crippen molar-refractivity contribution < 1.29 is 30.0 Å². The molecule has 57 heavy (non-hydrogen) atoms. The van der Waals surface area contributed by atoms with Crippen LogP contribution >= 0.6 is 11.3 Å². The van der Waals surface area contributed by atoms with Crippen molar-refractivity contribution in [3.63, 3.8) is 0 Å². The van der Waals surface area contributed by atoms with Crippen molar-refractivity contribution in [1.82, 2.24) is 4.98 Å². The van der Waals surface area contributed by atoms with Crippen LogP contribution in [0.15, 0.2) is 103 Å². The molecular weight excluding hydrogens is 895 g/mol. The van der Waals surface area contributed by atoms with Crippen molar-refractivity contribution in [2.45, 2.75) is 93.4 Å². The molecule has 8 rings (SSSR count). The van der Waals surface area contributed by atoms with Crippen LogP contribution in [0.3, 0.4) is 0 Å². The fraction of sp³-hybridized carbons (Fsp3) is 0.308. The van der Waals surface area contributed by atoms with Gasteiger partial charge in [0.1, 0.15) is 0 Å². The van der Waals surface area contributed by atoms with Gasteiger partial charge in [0.25, 0.3) is 0 Å². The van der Waals surface area contributed by atoms with Gasteiger partial charge in [-0.2, -0.15) is 0 Å². The van der Waals surface area contributed by atoms with Crippen LogP contribution in [0.2, 0.25) is 0 Å². The number of aliphatic hydroxyl groups excluding tert-OH is 1. The predicted molar refractivity (Wildman–Crippen MR) is 241 cm³/mol. The Hall–Kier alpha value is -4.41. The van der Waals surface area contributed by atoms with E-state index in [1.165, 1.54) is 81.7 Å². The number of aliphatic hydroxyl groups is 1. The number of fused-ring (bicyclic) bond motifs is 5. The molecule has 1 radical (unpaired) electrons. The quantitative estimate of drug-likeness (QED) is 0.0891. The standard InChI is InChI=1S/C39H30NS.C13H24O2.Ir/c1-22-18-27(20-32-30-14-8-11-24-12-9-15-31(34(22)32)35(24)30)37-23(2)28-16-17-40-36(38(28)41-37)26-19-25-10-6-7-13-29(25)33(21-26)39(3,4)5;1-5-10(6-2)12(14)9-13(15)11(7-3)8-4;/h6-18,20-21H,1-5H3;9-11,14H,5-8H2,1-4H3;/q-1;;/b;12-9-;. The number of carbonyl (C=O) groups is 1. The molecule has 0 saturated carbocycles. The maximum Gasteiger partial charge on any atom is 0.162 e. The normalized spacial score (nSPS) is 12.3. The molecule has 295 valence electrons. The first-order chi connectivity index (χ1) is 26.9. The van der Waals surface area contributed by atoms with E-state index in [1.54, 1.807) is 0 Å². The third-order valence-corrected chi connectivity index (χ3v) is 13.2. The summed E-state index contributed by atoms with van der Waals surface area (Å²) in [6, 6.07) is 35.0. The molecule has 0 fully saturated rings. The maximum atomic E-state index is 11.7. The van der Waals surface area contributed by atoms with E-state index in [2.05, 4.69) is 126 Å². The Morgan fingerprint density at radius 1 is 0.807 bits per heavy atom. The largest absolute Gasteiger partial charge is 0.512 e. The number of aryl methyl sites for hydroxylation is 2. The van der Waals surface area contributed by atoms with Crippen molar-refractivity contribution in [3.05, 3.63) is 126 Å². The molecular formula is C52H54IrNO2S-. The summed E-state index contributed by atoms with van der Waals surface area (Å²) in [5.41, 5.74) is 12.8. The molecule has 1 aliphatic rings. The van der Waals surface area contributed by atoms with Crippen LogP contribution in [0, 0.1) is 31.7 Å². The number of allylic oxidation sites excluding steroid dienone is 2. The van der Waals surface area contributed by atoms with Crippen LogP contribution in [-0.2, 0) is 30.3 Å². The van der Waals surface area contributed by atoms with Gasteiger partial charge in [0, 0.05) is 59.5 Å². The molecule has 5 aromatic carbocycles. The summed E-state index contributed by atoms with van der Waals surface area (Å²) < 4.78 is 1.23. The van der Waals surface area contributed by atoms with Crippen LogP contribution in [0.4, 0.5) is 0 Å². The van der Waals surface area contributed by atoms with Gasteiger partial charge in [-0.25, -0.2) is 0 Å². The first-order valence-electron chi connectivity index (χ1n) is 20.4. The number of hydrogen-bond donors (Lipinski definition) is 1. The minimum absolute atomic E-state index is 0. The van der Waals surface area contributed by atoms with Gasteiger partial charge < -0.3 is 5.11 Å². The number of carbonyl (C=O) groups excluding carboxylic acids is 1. The average molecular weight is 949 g/mol. The summed E-state index contributed by atoms with van der Waals surface area (Å²) in [6.45, 7) is 19.5. The molecule has 0 spiro atoms. The number of nitrogens with zero attached hydrogens (tertiary/aromatic N) is 1. The third kappa shape index (κ3) is 7.92. The molecule has 0 unspecified atom stereocenters. The average Bonchev–Trinajstić information content (AvgIpc) is 3.71. The fourth-order valence-electron chi connectivity index (χ4n) is 8.63. The van der Waals surface area contributed by atoms with E-state index in [0.717, 1.165) is 42.3 Å². The summed E-state index contributed by atoms with van der Waals surface area (Å²) >= 11 is 1.87. The Morgan fingerprint density at radius 3 is 2.14 bits per heavy atom. The van der Waals surface area contributed by atoms with Crippen molar-refractivity contribution in [2.24, 2.45) is 11.8 Å². The number of thiophene rings is 1. The minimum Gasteiger partial charge on any atom is -0.512 e. The molecule has 0 saturated heterocycles. The molecule has 0 amide bonds. The first-order valence-corrected chi connectivity index (χ1v) is 21.2. The van der Waals surface area contributed by atoms with Crippen LogP contribution in [0.1, 0.15) is 90.8 Å². The minimum atomic E-state index is 0. The molecule has 0 bridgehead atoms. The van der Waals surface area contributed by atoms with Gasteiger partial charge in [-0.15, -0.1) is 40.5 Å². The van der Waals surface area contributed by atoms with Gasteiger partial charge in [0.05, 0.1) is 5.76 Å².